The fourth-order valence-corrected chi connectivity index (χ4v) is 2.60. The van der Waals surface area contributed by atoms with Gasteiger partial charge < -0.3 is 14.4 Å². The van der Waals surface area contributed by atoms with Crippen molar-refractivity contribution in [3.8, 4) is 6.07 Å². The number of benzene rings is 2. The van der Waals surface area contributed by atoms with E-state index in [0.717, 1.165) is 29.9 Å². The van der Waals surface area contributed by atoms with Crippen LogP contribution in [-0.4, -0.2) is 51.0 Å². The number of hydrogen-bond donors (Lipinski definition) is 1. The molecule has 2 aromatic rings. The first-order valence-corrected chi connectivity index (χ1v) is 8.31. The number of nitrogens with one attached hydrogen (secondary N) is 1. The van der Waals surface area contributed by atoms with Crippen molar-refractivity contribution in [1.82, 2.24) is 0 Å². The predicted molar refractivity (Wildman–Crippen MR) is 99.8 cm³/mol. The third-order valence-corrected chi connectivity index (χ3v) is 4.04. The quantitative estimate of drug-likeness (QED) is 0.428. The fourth-order valence-electron chi connectivity index (χ4n) is 2.60. The SMILES string of the molecule is COCCN(CCOC)c1ccc(C(=[N+]=N)c2ccc(C#N)cc2)cc1. The first-order chi connectivity index (χ1) is 12.7. The average molecular weight is 351 g/mol. The van der Waals surface area contributed by atoms with E-state index >= 15 is 0 Å². The van der Waals surface area contributed by atoms with Gasteiger partial charge in [-0.1, -0.05) is 0 Å². The van der Waals surface area contributed by atoms with Gasteiger partial charge in [0.1, 0.15) is 0 Å². The van der Waals surface area contributed by atoms with E-state index in [2.05, 4.69) is 15.8 Å². The molecule has 0 bridgehead atoms. The molecule has 0 saturated carbocycles. The second-order valence-electron chi connectivity index (χ2n) is 5.67. The summed E-state index contributed by atoms with van der Waals surface area (Å²) in [7, 11) is 3.37. The minimum atomic E-state index is 0.571. The number of anilines is 1. The van der Waals surface area contributed by atoms with Gasteiger partial charge in [-0.05, 0) is 48.5 Å². The van der Waals surface area contributed by atoms with Crippen molar-refractivity contribution in [2.45, 2.75) is 0 Å². The predicted octanol–water partition coefficient (Wildman–Crippen LogP) is 2.73. The largest absolute Gasteiger partial charge is 0.383 e. The topological polar surface area (TPSA) is 83.4 Å². The van der Waals surface area contributed by atoms with Crippen molar-refractivity contribution in [3.63, 3.8) is 0 Å². The Labute approximate surface area is 153 Å². The standard InChI is InChI=1S/C20H23N4O2/c1-25-13-11-24(12-14-26-2)19-9-7-18(8-10-19)20(23-22)17-5-3-16(15-21)4-6-17/h3-10,22H,11-14H2,1-2H3/q+1. The minimum Gasteiger partial charge on any atom is -0.383 e. The van der Waals surface area contributed by atoms with Gasteiger partial charge >= 0.3 is 5.71 Å². The van der Waals surface area contributed by atoms with E-state index < -0.39 is 0 Å². The molecule has 6 heteroatoms. The van der Waals surface area contributed by atoms with Gasteiger partial charge in [0.15, 0.2) is 0 Å². The van der Waals surface area contributed by atoms with Crippen molar-refractivity contribution in [2.24, 2.45) is 0 Å². The Morgan fingerprint density at radius 1 is 0.962 bits per heavy atom. The van der Waals surface area contributed by atoms with E-state index in [1.165, 1.54) is 0 Å². The van der Waals surface area contributed by atoms with Crippen LogP contribution in [0, 0.1) is 16.9 Å². The Kier molecular flexibility index (Phi) is 7.53. The third kappa shape index (κ3) is 5.01. The molecule has 0 aliphatic carbocycles. The van der Waals surface area contributed by atoms with Crippen LogP contribution in [0.2, 0.25) is 0 Å². The molecule has 0 fully saturated rings. The van der Waals surface area contributed by atoms with Gasteiger partial charge in [0.2, 0.25) is 0 Å². The maximum absolute atomic E-state index is 8.91. The molecule has 0 aromatic heterocycles. The zero-order valence-corrected chi connectivity index (χ0v) is 15.1. The maximum atomic E-state index is 8.91. The highest BCUT2D eigenvalue weighted by Gasteiger charge is 2.18. The fraction of sp³-hybridized carbons (Fsp3) is 0.300. The average Bonchev–Trinajstić information content (AvgIpc) is 2.70. The Hall–Kier alpha value is -2.97. The van der Waals surface area contributed by atoms with Crippen LogP contribution in [0.1, 0.15) is 16.7 Å². The number of hydrogen-bond acceptors (Lipinski definition) is 5. The van der Waals surface area contributed by atoms with Crippen LogP contribution in [0.4, 0.5) is 5.69 Å². The molecule has 0 heterocycles. The molecule has 2 rings (SSSR count). The number of nitrogens with zero attached hydrogens (tertiary/aromatic N) is 3. The molecule has 0 radical (unpaired) electrons. The molecule has 0 atom stereocenters. The third-order valence-electron chi connectivity index (χ3n) is 4.04. The lowest BCUT2D eigenvalue weighted by Crippen LogP contribution is -2.30. The normalized spacial score (nSPS) is 10.0. The number of rotatable bonds is 9. The molecule has 0 unspecified atom stereocenters. The van der Waals surface area contributed by atoms with Gasteiger partial charge in [0, 0.05) is 33.0 Å². The second kappa shape index (κ2) is 10.1. The van der Waals surface area contributed by atoms with E-state index in [1.807, 2.05) is 36.4 Å². The maximum Gasteiger partial charge on any atom is 0.379 e. The summed E-state index contributed by atoms with van der Waals surface area (Å²) in [6, 6.07) is 17.1. The molecular formula is C20H23N4O2+. The van der Waals surface area contributed by atoms with Gasteiger partial charge in [-0.15, -0.1) is 0 Å². The van der Waals surface area contributed by atoms with E-state index in [-0.39, 0.29) is 0 Å². The van der Waals surface area contributed by atoms with E-state index in [9.17, 15) is 0 Å². The number of methoxy groups -OCH3 is 2. The summed E-state index contributed by atoms with van der Waals surface area (Å²) in [6.07, 6.45) is 0. The van der Waals surface area contributed by atoms with Crippen LogP contribution in [-0.2, 0) is 9.47 Å². The van der Waals surface area contributed by atoms with Gasteiger partial charge in [-0.2, -0.15) is 5.26 Å². The van der Waals surface area contributed by atoms with Crippen molar-refractivity contribution < 1.29 is 14.3 Å². The molecule has 0 aliphatic rings. The zero-order chi connectivity index (χ0) is 18.8. The Balaban J connectivity index is 2.22. The Bertz CT molecular complexity index is 780. The summed E-state index contributed by atoms with van der Waals surface area (Å²) < 4.78 is 10.4. The van der Waals surface area contributed by atoms with Gasteiger partial charge in [0.05, 0.1) is 46.3 Å². The summed E-state index contributed by atoms with van der Waals surface area (Å²) in [5.41, 5.74) is 11.4. The van der Waals surface area contributed by atoms with Crippen LogP contribution in [0.5, 0.6) is 0 Å². The highest BCUT2D eigenvalue weighted by Crippen LogP contribution is 2.17. The van der Waals surface area contributed by atoms with E-state index in [0.29, 0.717) is 24.5 Å². The van der Waals surface area contributed by atoms with Crippen LogP contribution >= 0.6 is 0 Å². The Morgan fingerprint density at radius 2 is 1.46 bits per heavy atom. The lowest BCUT2D eigenvalue weighted by Gasteiger charge is -2.24. The minimum absolute atomic E-state index is 0.571. The first kappa shape index (κ1) is 19.4. The lowest BCUT2D eigenvalue weighted by atomic mass is 10.0. The zero-order valence-electron chi connectivity index (χ0n) is 15.1. The van der Waals surface area contributed by atoms with E-state index in [4.69, 9.17) is 20.3 Å². The first-order valence-electron chi connectivity index (χ1n) is 8.31. The summed E-state index contributed by atoms with van der Waals surface area (Å²) in [4.78, 5) is 5.88. The van der Waals surface area contributed by atoms with Gasteiger partial charge in [0.25, 0.3) is 0 Å². The molecule has 26 heavy (non-hydrogen) atoms. The smallest absolute Gasteiger partial charge is 0.379 e. The molecule has 134 valence electrons. The highest BCUT2D eigenvalue weighted by molar-refractivity contribution is 6.09. The summed E-state index contributed by atoms with van der Waals surface area (Å²) in [5.74, 6) is 0. The number of nitriles is 1. The van der Waals surface area contributed by atoms with Crippen molar-refractivity contribution >= 4 is 11.4 Å². The van der Waals surface area contributed by atoms with Gasteiger partial charge in [-0.25, -0.2) is 0 Å². The van der Waals surface area contributed by atoms with Crippen LogP contribution in [0.15, 0.2) is 48.5 Å². The van der Waals surface area contributed by atoms with Crippen LogP contribution in [0.3, 0.4) is 0 Å². The van der Waals surface area contributed by atoms with Crippen molar-refractivity contribution in [2.75, 3.05) is 45.4 Å². The highest BCUT2D eigenvalue weighted by atomic mass is 16.5. The summed E-state index contributed by atoms with van der Waals surface area (Å²) in [5, 5.41) is 8.91. The summed E-state index contributed by atoms with van der Waals surface area (Å²) in [6.45, 7) is 2.81. The monoisotopic (exact) mass is 351 g/mol. The van der Waals surface area contributed by atoms with Gasteiger partial charge in [-0.3, -0.25) is 0 Å². The Morgan fingerprint density at radius 3 is 1.88 bits per heavy atom. The molecule has 2 aromatic carbocycles. The molecule has 0 amide bonds. The second-order valence-corrected chi connectivity index (χ2v) is 5.67. The molecular weight excluding hydrogens is 328 g/mol. The summed E-state index contributed by atoms with van der Waals surface area (Å²) >= 11 is 0. The van der Waals surface area contributed by atoms with Crippen LogP contribution < -0.4 is 4.90 Å². The molecule has 0 saturated heterocycles. The molecule has 0 aliphatic heterocycles. The molecule has 6 nitrogen and oxygen atoms in total. The van der Waals surface area contributed by atoms with Crippen molar-refractivity contribution in [1.29, 1.82) is 10.8 Å². The van der Waals surface area contributed by atoms with Crippen LogP contribution in [0.25, 0.3) is 0 Å². The molecule has 1 N–H and O–H groups in total. The molecule has 0 spiro atoms. The lowest BCUT2D eigenvalue weighted by molar-refractivity contribution is -0.117. The van der Waals surface area contributed by atoms with E-state index in [1.54, 1.807) is 26.4 Å². The van der Waals surface area contributed by atoms with Crippen molar-refractivity contribution in [3.05, 3.63) is 65.2 Å². The number of ether oxygens (including phenoxy) is 2.